The Balaban J connectivity index is 1.93. The number of hydrogen-bond acceptors (Lipinski definition) is 3. The average molecular weight is 394 g/mol. The fraction of sp³-hybridized carbons (Fsp3) is 0.263. The quantitative estimate of drug-likeness (QED) is 0.809. The Hall–Kier alpha value is -3.23. The zero-order chi connectivity index (χ0) is 20.3. The van der Waals surface area contributed by atoms with Crippen molar-refractivity contribution in [2.75, 3.05) is 11.9 Å². The van der Waals surface area contributed by atoms with E-state index in [1.54, 1.807) is 30.3 Å². The molecule has 1 unspecified atom stereocenters. The molecule has 1 saturated heterocycles. The van der Waals surface area contributed by atoms with Gasteiger partial charge < -0.3 is 20.1 Å². The molecule has 148 valence electrons. The molecule has 2 N–H and O–H groups in total. The van der Waals surface area contributed by atoms with Gasteiger partial charge in [-0.05, 0) is 30.5 Å². The third kappa shape index (κ3) is 4.54. The number of carboxylic acids is 1. The minimum absolute atomic E-state index is 0.0917. The molecule has 28 heavy (non-hydrogen) atoms. The second-order valence-corrected chi connectivity index (χ2v) is 6.24. The number of rotatable bonds is 4. The largest absolute Gasteiger partial charge is 0.573 e. The van der Waals surface area contributed by atoms with Gasteiger partial charge in [0.1, 0.15) is 11.8 Å². The molecule has 0 aliphatic carbocycles. The van der Waals surface area contributed by atoms with Crippen LogP contribution in [0.1, 0.15) is 12.8 Å². The summed E-state index contributed by atoms with van der Waals surface area (Å²) in [5.74, 6) is -1.61. The molecule has 1 aliphatic heterocycles. The van der Waals surface area contributed by atoms with Gasteiger partial charge in [0.15, 0.2) is 0 Å². The van der Waals surface area contributed by atoms with E-state index in [9.17, 15) is 27.9 Å². The van der Waals surface area contributed by atoms with Gasteiger partial charge >= 0.3 is 18.4 Å². The molecule has 0 saturated carbocycles. The third-order valence-corrected chi connectivity index (χ3v) is 4.35. The maximum absolute atomic E-state index is 12.6. The van der Waals surface area contributed by atoms with E-state index < -0.39 is 30.2 Å². The number of benzene rings is 2. The van der Waals surface area contributed by atoms with E-state index in [4.69, 9.17) is 0 Å². The highest BCUT2D eigenvalue weighted by Gasteiger charge is 2.35. The summed E-state index contributed by atoms with van der Waals surface area (Å²) in [5.41, 5.74) is 1.25. The summed E-state index contributed by atoms with van der Waals surface area (Å²) >= 11 is 0. The number of anilines is 1. The van der Waals surface area contributed by atoms with Crippen LogP contribution in [0, 0.1) is 0 Å². The lowest BCUT2D eigenvalue weighted by molar-refractivity contribution is -0.274. The van der Waals surface area contributed by atoms with Crippen LogP contribution in [0.3, 0.4) is 0 Å². The van der Waals surface area contributed by atoms with E-state index in [0.29, 0.717) is 24.0 Å². The molecule has 1 heterocycles. The molecule has 1 aliphatic rings. The maximum atomic E-state index is 12.6. The average Bonchev–Trinajstić information content (AvgIpc) is 3.11. The standard InChI is InChI=1S/C19H17F3N2O4/c20-19(21,22)28-13-8-9-14(12-5-2-1-3-6-12)15(11-13)23-18(27)24-10-4-7-16(24)17(25)26/h1-3,5-6,8-9,11,16H,4,7,10H2,(H,23,27)(H,25,26). The fourth-order valence-electron chi connectivity index (χ4n) is 3.15. The highest BCUT2D eigenvalue weighted by molar-refractivity contribution is 5.96. The molecule has 3 rings (SSSR count). The van der Waals surface area contributed by atoms with Gasteiger partial charge in [0.05, 0.1) is 5.69 Å². The first-order valence-electron chi connectivity index (χ1n) is 8.50. The van der Waals surface area contributed by atoms with E-state index in [0.717, 1.165) is 17.0 Å². The van der Waals surface area contributed by atoms with Crippen molar-refractivity contribution in [1.29, 1.82) is 0 Å². The van der Waals surface area contributed by atoms with Gasteiger partial charge in [-0.15, -0.1) is 13.2 Å². The number of nitrogens with one attached hydrogen (secondary N) is 1. The third-order valence-electron chi connectivity index (χ3n) is 4.35. The summed E-state index contributed by atoms with van der Waals surface area (Å²) in [5, 5.41) is 11.8. The minimum atomic E-state index is -4.88. The normalized spacial score (nSPS) is 16.7. The molecule has 1 atom stereocenters. The zero-order valence-electron chi connectivity index (χ0n) is 14.6. The topological polar surface area (TPSA) is 78.9 Å². The summed E-state index contributed by atoms with van der Waals surface area (Å²) in [6.07, 6.45) is -4.02. The Bertz CT molecular complexity index is 871. The fourth-order valence-corrected chi connectivity index (χ4v) is 3.15. The minimum Gasteiger partial charge on any atom is -0.480 e. The lowest BCUT2D eigenvalue weighted by Gasteiger charge is -2.23. The van der Waals surface area contributed by atoms with Crippen molar-refractivity contribution in [3.05, 3.63) is 48.5 Å². The summed E-state index contributed by atoms with van der Waals surface area (Å²) in [7, 11) is 0. The van der Waals surface area contributed by atoms with Crippen molar-refractivity contribution in [2.45, 2.75) is 25.2 Å². The molecule has 0 spiro atoms. The van der Waals surface area contributed by atoms with Crippen LogP contribution < -0.4 is 10.1 Å². The number of likely N-dealkylation sites (tertiary alicyclic amines) is 1. The maximum Gasteiger partial charge on any atom is 0.573 e. The molecule has 6 nitrogen and oxygen atoms in total. The number of urea groups is 1. The molecule has 1 fully saturated rings. The predicted octanol–water partition coefficient (Wildman–Crippen LogP) is 4.33. The van der Waals surface area contributed by atoms with Crippen molar-refractivity contribution in [3.8, 4) is 16.9 Å². The highest BCUT2D eigenvalue weighted by Crippen LogP contribution is 2.34. The molecule has 9 heteroatoms. The Morgan fingerprint density at radius 3 is 2.50 bits per heavy atom. The van der Waals surface area contributed by atoms with Gasteiger partial charge in [-0.25, -0.2) is 9.59 Å². The van der Waals surface area contributed by atoms with Gasteiger partial charge in [-0.1, -0.05) is 30.3 Å². The van der Waals surface area contributed by atoms with Crippen LogP contribution in [0.4, 0.5) is 23.7 Å². The van der Waals surface area contributed by atoms with Gasteiger partial charge in [-0.3, -0.25) is 0 Å². The summed E-state index contributed by atoms with van der Waals surface area (Å²) < 4.78 is 41.6. The Labute approximate surface area is 158 Å². The molecule has 2 aromatic rings. The van der Waals surface area contributed by atoms with E-state index in [2.05, 4.69) is 10.1 Å². The van der Waals surface area contributed by atoms with Crippen molar-refractivity contribution >= 4 is 17.7 Å². The second kappa shape index (κ2) is 7.79. The molecule has 2 amide bonds. The Morgan fingerprint density at radius 2 is 1.86 bits per heavy atom. The summed E-state index contributed by atoms with van der Waals surface area (Å²) in [6.45, 7) is 0.252. The number of alkyl halides is 3. The predicted molar refractivity (Wildman–Crippen MR) is 94.9 cm³/mol. The lowest BCUT2D eigenvalue weighted by Crippen LogP contribution is -2.42. The van der Waals surface area contributed by atoms with Crippen molar-refractivity contribution in [1.82, 2.24) is 4.90 Å². The summed E-state index contributed by atoms with van der Waals surface area (Å²) in [6, 6.07) is 10.7. The summed E-state index contributed by atoms with van der Waals surface area (Å²) in [4.78, 5) is 25.1. The smallest absolute Gasteiger partial charge is 0.480 e. The first-order chi connectivity index (χ1) is 13.2. The van der Waals surface area contributed by atoms with Crippen LogP contribution in [-0.2, 0) is 4.79 Å². The number of ether oxygens (including phenoxy) is 1. The molecular weight excluding hydrogens is 377 g/mol. The monoisotopic (exact) mass is 394 g/mol. The number of carbonyl (C=O) groups is 2. The second-order valence-electron chi connectivity index (χ2n) is 6.24. The zero-order valence-corrected chi connectivity index (χ0v) is 14.6. The van der Waals surface area contributed by atoms with E-state index in [-0.39, 0.29) is 12.2 Å². The number of hydrogen-bond donors (Lipinski definition) is 2. The van der Waals surface area contributed by atoms with E-state index in [1.165, 1.54) is 6.07 Å². The first kappa shape index (κ1) is 19.5. The highest BCUT2D eigenvalue weighted by atomic mass is 19.4. The SMILES string of the molecule is O=C(O)C1CCCN1C(=O)Nc1cc(OC(F)(F)F)ccc1-c1ccccc1. The number of carboxylic acid groups (broad SMARTS) is 1. The molecular formula is C19H17F3N2O4. The van der Waals surface area contributed by atoms with Crippen molar-refractivity contribution in [2.24, 2.45) is 0 Å². The number of nitrogens with zero attached hydrogens (tertiary/aromatic N) is 1. The molecule has 0 aromatic heterocycles. The van der Waals surface area contributed by atoms with Crippen LogP contribution in [0.25, 0.3) is 11.1 Å². The van der Waals surface area contributed by atoms with E-state index >= 15 is 0 Å². The van der Waals surface area contributed by atoms with Crippen molar-refractivity contribution in [3.63, 3.8) is 0 Å². The molecule has 0 radical (unpaired) electrons. The van der Waals surface area contributed by atoms with Crippen LogP contribution in [0.15, 0.2) is 48.5 Å². The molecule has 0 bridgehead atoms. The Morgan fingerprint density at radius 1 is 1.14 bits per heavy atom. The number of amides is 2. The van der Waals surface area contributed by atoms with Crippen molar-refractivity contribution < 1.29 is 32.6 Å². The van der Waals surface area contributed by atoms with Crippen LogP contribution in [0.2, 0.25) is 0 Å². The number of carbonyl (C=O) groups excluding carboxylic acids is 1. The van der Waals surface area contributed by atoms with Crippen LogP contribution in [0.5, 0.6) is 5.75 Å². The Kier molecular flexibility index (Phi) is 5.43. The van der Waals surface area contributed by atoms with Gasteiger partial charge in [0.25, 0.3) is 0 Å². The van der Waals surface area contributed by atoms with Gasteiger partial charge in [-0.2, -0.15) is 0 Å². The number of halogens is 3. The number of aliphatic carboxylic acids is 1. The van der Waals surface area contributed by atoms with Crippen LogP contribution >= 0.6 is 0 Å². The van der Waals surface area contributed by atoms with Gasteiger partial charge in [0.2, 0.25) is 0 Å². The van der Waals surface area contributed by atoms with Gasteiger partial charge in [0, 0.05) is 18.2 Å². The first-order valence-corrected chi connectivity index (χ1v) is 8.50. The molecule has 2 aromatic carbocycles. The van der Waals surface area contributed by atoms with Crippen LogP contribution in [-0.4, -0.2) is 41.0 Å². The van der Waals surface area contributed by atoms with E-state index in [1.807, 2.05) is 0 Å². The lowest BCUT2D eigenvalue weighted by atomic mass is 10.0.